The zero-order valence-corrected chi connectivity index (χ0v) is 9.53. The third kappa shape index (κ3) is 3.49. The van der Waals surface area contributed by atoms with Crippen molar-refractivity contribution in [3.8, 4) is 0 Å². The molecule has 0 amide bonds. The van der Waals surface area contributed by atoms with Gasteiger partial charge in [-0.05, 0) is 32.1 Å². The predicted molar refractivity (Wildman–Crippen MR) is 59.2 cm³/mol. The van der Waals surface area contributed by atoms with Crippen LogP contribution in [0.5, 0.6) is 0 Å². The second kappa shape index (κ2) is 4.59. The third-order valence-corrected chi connectivity index (χ3v) is 3.33. The summed E-state index contributed by atoms with van der Waals surface area (Å²) in [6.07, 6.45) is 0.486. The molecule has 0 saturated carbocycles. The molecule has 0 aliphatic carbocycles. The topological polar surface area (TPSA) is 54.4 Å². The molecule has 0 fully saturated rings. The summed E-state index contributed by atoms with van der Waals surface area (Å²) >= 11 is 0. The fourth-order valence-electron chi connectivity index (χ4n) is 1.02. The summed E-state index contributed by atoms with van der Waals surface area (Å²) in [7, 11) is -3.41. The van der Waals surface area contributed by atoms with E-state index in [0.29, 0.717) is 0 Å². The lowest BCUT2D eigenvalue weighted by Crippen LogP contribution is -1.99. The first-order valence-corrected chi connectivity index (χ1v) is 6.14. The lowest BCUT2D eigenvalue weighted by Gasteiger charge is -2.00. The van der Waals surface area contributed by atoms with Gasteiger partial charge >= 0.3 is 0 Å². The first-order chi connectivity index (χ1) is 6.92. The van der Waals surface area contributed by atoms with E-state index in [-0.39, 0.29) is 4.90 Å². The largest absolute Gasteiger partial charge is 0.389 e. The van der Waals surface area contributed by atoms with E-state index < -0.39 is 15.9 Å². The van der Waals surface area contributed by atoms with Gasteiger partial charge in [0, 0.05) is 5.41 Å². The molecule has 0 radical (unpaired) electrons. The van der Waals surface area contributed by atoms with E-state index in [0.717, 1.165) is 11.0 Å². The fraction of sp³-hybridized carbons (Fsp3) is 0.273. The Hall–Kier alpha value is -1.13. The fourth-order valence-corrected chi connectivity index (χ4v) is 2.13. The molecular formula is C11H14O3S. The quantitative estimate of drug-likeness (QED) is 0.852. The number of rotatable bonds is 3. The summed E-state index contributed by atoms with van der Waals surface area (Å²) in [6.45, 7) is 3.39. The molecule has 0 aliphatic heterocycles. The summed E-state index contributed by atoms with van der Waals surface area (Å²) in [5, 5.41) is 9.99. The van der Waals surface area contributed by atoms with Crippen molar-refractivity contribution in [2.75, 3.05) is 0 Å². The van der Waals surface area contributed by atoms with Crippen molar-refractivity contribution in [1.82, 2.24) is 0 Å². The summed E-state index contributed by atoms with van der Waals surface area (Å²) < 4.78 is 23.3. The van der Waals surface area contributed by atoms with E-state index >= 15 is 0 Å². The van der Waals surface area contributed by atoms with Gasteiger partial charge in [-0.3, -0.25) is 0 Å². The van der Waals surface area contributed by atoms with Crippen molar-refractivity contribution in [3.05, 3.63) is 41.3 Å². The highest BCUT2D eigenvalue weighted by atomic mass is 32.2. The third-order valence-electron chi connectivity index (χ3n) is 1.89. The Kier molecular flexibility index (Phi) is 3.66. The van der Waals surface area contributed by atoms with Crippen molar-refractivity contribution in [2.24, 2.45) is 0 Å². The molecule has 0 heterocycles. The molecule has 1 atom stereocenters. The molecule has 15 heavy (non-hydrogen) atoms. The van der Waals surface area contributed by atoms with Gasteiger partial charge in [0.05, 0.1) is 11.0 Å². The van der Waals surface area contributed by atoms with Gasteiger partial charge in [-0.25, -0.2) is 8.42 Å². The first-order valence-electron chi connectivity index (χ1n) is 4.60. The molecule has 3 nitrogen and oxygen atoms in total. The molecule has 0 saturated heterocycles. The van der Waals surface area contributed by atoms with E-state index in [9.17, 15) is 8.42 Å². The molecule has 4 heteroatoms. The highest BCUT2D eigenvalue weighted by molar-refractivity contribution is 7.94. The number of aryl methyl sites for hydroxylation is 1. The molecule has 1 unspecified atom stereocenters. The van der Waals surface area contributed by atoms with Gasteiger partial charge < -0.3 is 5.11 Å². The van der Waals surface area contributed by atoms with Crippen LogP contribution in [0.4, 0.5) is 0 Å². The lowest BCUT2D eigenvalue weighted by atomic mass is 10.2. The van der Waals surface area contributed by atoms with Crippen molar-refractivity contribution in [2.45, 2.75) is 24.8 Å². The Labute approximate surface area is 90.0 Å². The van der Waals surface area contributed by atoms with Gasteiger partial charge in [-0.15, -0.1) is 0 Å². The maximum absolute atomic E-state index is 11.7. The summed E-state index contributed by atoms with van der Waals surface area (Å²) in [5.74, 6) is 0. The molecule has 0 bridgehead atoms. The molecule has 0 aliphatic rings. The van der Waals surface area contributed by atoms with Crippen LogP contribution < -0.4 is 0 Å². The first kappa shape index (κ1) is 11.9. The second-order valence-corrected chi connectivity index (χ2v) is 5.26. The highest BCUT2D eigenvalue weighted by Crippen LogP contribution is 2.13. The Morgan fingerprint density at radius 3 is 2.27 bits per heavy atom. The number of sulfone groups is 1. The molecule has 0 aromatic heterocycles. The zero-order valence-electron chi connectivity index (χ0n) is 8.71. The van der Waals surface area contributed by atoms with Crippen molar-refractivity contribution >= 4 is 9.84 Å². The SMILES string of the molecule is Cc1ccc(S(=O)(=O)/C=C/C(C)O)cc1. The molecule has 1 aromatic carbocycles. The zero-order chi connectivity index (χ0) is 11.5. The number of hydrogen-bond donors (Lipinski definition) is 1. The van der Waals surface area contributed by atoms with E-state index in [1.165, 1.54) is 13.0 Å². The van der Waals surface area contributed by atoms with Crippen LogP contribution in [0.2, 0.25) is 0 Å². The summed E-state index contributed by atoms with van der Waals surface area (Å²) in [5.41, 5.74) is 1.01. The summed E-state index contributed by atoms with van der Waals surface area (Å²) in [6, 6.07) is 6.58. The Balaban J connectivity index is 3.02. The molecule has 1 N–H and O–H groups in total. The van der Waals surface area contributed by atoms with E-state index in [2.05, 4.69) is 0 Å². The number of hydrogen-bond acceptors (Lipinski definition) is 3. The molecule has 82 valence electrons. The second-order valence-electron chi connectivity index (χ2n) is 3.43. The highest BCUT2D eigenvalue weighted by Gasteiger charge is 2.09. The molecule has 1 aromatic rings. The minimum atomic E-state index is -3.41. The van der Waals surface area contributed by atoms with Gasteiger partial charge in [0.1, 0.15) is 0 Å². The van der Waals surface area contributed by atoms with Crippen molar-refractivity contribution in [3.63, 3.8) is 0 Å². The average Bonchev–Trinajstić information content (AvgIpc) is 2.16. The van der Waals surface area contributed by atoms with E-state index in [1.54, 1.807) is 24.3 Å². The molecular weight excluding hydrogens is 212 g/mol. The van der Waals surface area contributed by atoms with Crippen LogP contribution in [-0.2, 0) is 9.84 Å². The van der Waals surface area contributed by atoms with E-state index in [4.69, 9.17) is 5.11 Å². The lowest BCUT2D eigenvalue weighted by molar-refractivity contribution is 0.244. The minimum Gasteiger partial charge on any atom is -0.389 e. The normalized spacial score (nSPS) is 14.3. The van der Waals surface area contributed by atoms with Gasteiger partial charge in [-0.1, -0.05) is 17.7 Å². The van der Waals surface area contributed by atoms with Crippen molar-refractivity contribution in [1.29, 1.82) is 0 Å². The molecule has 1 rings (SSSR count). The number of aliphatic hydroxyl groups is 1. The number of aliphatic hydroxyl groups excluding tert-OH is 1. The monoisotopic (exact) mass is 226 g/mol. The molecule has 0 spiro atoms. The van der Waals surface area contributed by atoms with Crippen LogP contribution in [0.25, 0.3) is 0 Å². The van der Waals surface area contributed by atoms with Crippen LogP contribution in [0.3, 0.4) is 0 Å². The van der Waals surface area contributed by atoms with Crippen LogP contribution in [0.15, 0.2) is 40.6 Å². The average molecular weight is 226 g/mol. The van der Waals surface area contributed by atoms with Gasteiger partial charge in [0.25, 0.3) is 0 Å². The van der Waals surface area contributed by atoms with E-state index in [1.807, 2.05) is 6.92 Å². The maximum Gasteiger partial charge on any atom is 0.199 e. The minimum absolute atomic E-state index is 0.241. The maximum atomic E-state index is 11.7. The van der Waals surface area contributed by atoms with Crippen LogP contribution in [-0.4, -0.2) is 19.6 Å². The van der Waals surface area contributed by atoms with Crippen LogP contribution in [0, 0.1) is 6.92 Å². The standard InChI is InChI=1S/C11H14O3S/c1-9-3-5-11(6-4-9)15(13,14)8-7-10(2)12/h3-8,10,12H,1-2H3/b8-7+. The number of benzene rings is 1. The Morgan fingerprint density at radius 2 is 1.80 bits per heavy atom. The van der Waals surface area contributed by atoms with Gasteiger partial charge in [0.2, 0.25) is 0 Å². The smallest absolute Gasteiger partial charge is 0.199 e. The summed E-state index contributed by atoms with van der Waals surface area (Å²) in [4.78, 5) is 0.241. The van der Waals surface area contributed by atoms with Gasteiger partial charge in [0.15, 0.2) is 9.84 Å². The van der Waals surface area contributed by atoms with Gasteiger partial charge in [-0.2, -0.15) is 0 Å². The van der Waals surface area contributed by atoms with Crippen LogP contribution in [0.1, 0.15) is 12.5 Å². The Morgan fingerprint density at radius 1 is 1.27 bits per heavy atom. The Bertz CT molecular complexity index is 441. The van der Waals surface area contributed by atoms with Crippen molar-refractivity contribution < 1.29 is 13.5 Å². The van der Waals surface area contributed by atoms with Crippen LogP contribution >= 0.6 is 0 Å². The predicted octanol–water partition coefficient (Wildman–Crippen LogP) is 1.66.